The summed E-state index contributed by atoms with van der Waals surface area (Å²) in [6, 6.07) is 7.08. The highest BCUT2D eigenvalue weighted by Gasteiger charge is 2.18. The van der Waals surface area contributed by atoms with E-state index in [-0.39, 0.29) is 20.8 Å². The van der Waals surface area contributed by atoms with Crippen LogP contribution in [-0.2, 0) is 10.0 Å². The maximum Gasteiger partial charge on any atom is 0.263 e. The number of aromatic nitrogens is 1. The van der Waals surface area contributed by atoms with Gasteiger partial charge in [0.05, 0.1) is 11.4 Å². The second-order valence-electron chi connectivity index (χ2n) is 3.65. The van der Waals surface area contributed by atoms with Gasteiger partial charge in [-0.25, -0.2) is 13.4 Å². The first kappa shape index (κ1) is 13.9. The van der Waals surface area contributed by atoms with Gasteiger partial charge in [-0.2, -0.15) is 0 Å². The molecule has 2 aromatic rings. The van der Waals surface area contributed by atoms with Crippen molar-refractivity contribution in [2.45, 2.75) is 4.90 Å². The van der Waals surface area contributed by atoms with Gasteiger partial charge < -0.3 is 5.73 Å². The number of benzene rings is 1. The quantitative estimate of drug-likeness (QED) is 0.673. The fourth-order valence-electron chi connectivity index (χ4n) is 1.42. The normalized spacial score (nSPS) is 11.3. The lowest BCUT2D eigenvalue weighted by Crippen LogP contribution is -2.14. The van der Waals surface area contributed by atoms with Crippen molar-refractivity contribution >= 4 is 44.6 Å². The summed E-state index contributed by atoms with van der Waals surface area (Å²) in [5, 5.41) is 0.460. The molecule has 100 valence electrons. The Morgan fingerprint density at radius 1 is 1.16 bits per heavy atom. The minimum atomic E-state index is -3.83. The van der Waals surface area contributed by atoms with Crippen LogP contribution in [-0.4, -0.2) is 13.4 Å². The first-order valence-electron chi connectivity index (χ1n) is 5.08. The Morgan fingerprint density at radius 3 is 2.58 bits per heavy atom. The first-order chi connectivity index (χ1) is 8.88. The van der Waals surface area contributed by atoms with E-state index in [4.69, 9.17) is 28.9 Å². The largest absolute Gasteiger partial charge is 0.398 e. The fraction of sp³-hybridized carbons (Fsp3) is 0. The molecule has 1 heterocycles. The van der Waals surface area contributed by atoms with Crippen LogP contribution in [0.3, 0.4) is 0 Å². The third-order valence-electron chi connectivity index (χ3n) is 2.24. The average Bonchev–Trinajstić information content (AvgIpc) is 2.31. The van der Waals surface area contributed by atoms with Crippen LogP contribution in [0.25, 0.3) is 0 Å². The molecule has 1 aromatic carbocycles. The van der Waals surface area contributed by atoms with E-state index in [9.17, 15) is 8.42 Å². The van der Waals surface area contributed by atoms with E-state index in [0.29, 0.717) is 5.69 Å². The van der Waals surface area contributed by atoms with Gasteiger partial charge in [0.25, 0.3) is 10.0 Å². The van der Waals surface area contributed by atoms with E-state index in [1.165, 1.54) is 36.5 Å². The van der Waals surface area contributed by atoms with E-state index in [0.717, 1.165) is 0 Å². The maximum atomic E-state index is 12.2. The van der Waals surface area contributed by atoms with Gasteiger partial charge in [0, 0.05) is 11.2 Å². The number of anilines is 2. The van der Waals surface area contributed by atoms with Crippen LogP contribution in [0.15, 0.2) is 41.4 Å². The number of sulfonamides is 1. The number of rotatable bonds is 3. The van der Waals surface area contributed by atoms with Crippen molar-refractivity contribution in [1.29, 1.82) is 0 Å². The van der Waals surface area contributed by atoms with Crippen molar-refractivity contribution in [2.24, 2.45) is 0 Å². The molecule has 0 amide bonds. The molecule has 0 unspecified atom stereocenters. The summed E-state index contributed by atoms with van der Waals surface area (Å²) >= 11 is 11.5. The molecule has 0 atom stereocenters. The summed E-state index contributed by atoms with van der Waals surface area (Å²) in [7, 11) is -3.83. The van der Waals surface area contributed by atoms with Crippen molar-refractivity contribution in [1.82, 2.24) is 4.98 Å². The van der Waals surface area contributed by atoms with E-state index >= 15 is 0 Å². The third-order valence-corrected chi connectivity index (χ3v) is 4.12. The number of hydrogen-bond acceptors (Lipinski definition) is 4. The molecule has 0 aliphatic heterocycles. The number of hydrogen-bond donors (Lipinski definition) is 2. The van der Waals surface area contributed by atoms with Gasteiger partial charge in [0.15, 0.2) is 0 Å². The zero-order valence-electron chi connectivity index (χ0n) is 9.47. The molecule has 0 radical (unpaired) electrons. The Morgan fingerprint density at radius 2 is 1.89 bits per heavy atom. The highest BCUT2D eigenvalue weighted by Crippen LogP contribution is 2.25. The average molecular weight is 318 g/mol. The molecule has 0 saturated heterocycles. The van der Waals surface area contributed by atoms with E-state index in [1.54, 1.807) is 0 Å². The van der Waals surface area contributed by atoms with Crippen LogP contribution in [0.1, 0.15) is 0 Å². The molecule has 0 aliphatic carbocycles. The number of halogens is 2. The predicted octanol–water partition coefficient (Wildman–Crippen LogP) is 2.77. The maximum absolute atomic E-state index is 12.2. The molecule has 19 heavy (non-hydrogen) atoms. The molecular weight excluding hydrogens is 309 g/mol. The molecule has 5 nitrogen and oxygen atoms in total. The molecule has 2 rings (SSSR count). The molecule has 0 bridgehead atoms. The zero-order valence-corrected chi connectivity index (χ0v) is 11.8. The predicted molar refractivity (Wildman–Crippen MR) is 75.9 cm³/mol. The van der Waals surface area contributed by atoms with Crippen LogP contribution in [0.4, 0.5) is 11.4 Å². The number of nitrogen functional groups attached to an aromatic ring is 1. The Hall–Kier alpha value is -1.50. The van der Waals surface area contributed by atoms with Crippen molar-refractivity contribution in [3.63, 3.8) is 0 Å². The molecule has 0 spiro atoms. The van der Waals surface area contributed by atoms with Crippen molar-refractivity contribution in [3.05, 3.63) is 46.7 Å². The van der Waals surface area contributed by atoms with E-state index in [1.807, 2.05) is 0 Å². The number of nitrogens with one attached hydrogen (secondary N) is 1. The lowest BCUT2D eigenvalue weighted by molar-refractivity contribution is 0.601. The van der Waals surface area contributed by atoms with Crippen molar-refractivity contribution in [2.75, 3.05) is 10.5 Å². The van der Waals surface area contributed by atoms with Crippen LogP contribution in [0, 0.1) is 0 Å². The zero-order chi connectivity index (χ0) is 14.0. The molecule has 1 aromatic heterocycles. The topological polar surface area (TPSA) is 85.1 Å². The van der Waals surface area contributed by atoms with Crippen molar-refractivity contribution < 1.29 is 8.42 Å². The molecule has 3 N–H and O–H groups in total. The lowest BCUT2D eigenvalue weighted by atomic mass is 10.3. The Labute approximate surface area is 120 Å². The number of nitrogens with two attached hydrogens (primary N) is 1. The number of nitrogens with zero attached hydrogens (tertiary/aromatic N) is 1. The second-order valence-corrected chi connectivity index (χ2v) is 6.13. The first-order valence-corrected chi connectivity index (χ1v) is 7.32. The summed E-state index contributed by atoms with van der Waals surface area (Å²) in [5.74, 6) is 0. The molecule has 0 saturated carbocycles. The van der Waals surface area contributed by atoms with Gasteiger partial charge in [-0.05, 0) is 30.3 Å². The molecule has 0 fully saturated rings. The van der Waals surface area contributed by atoms with Crippen LogP contribution in [0.2, 0.25) is 10.2 Å². The summed E-state index contributed by atoms with van der Waals surface area (Å²) < 4.78 is 26.7. The van der Waals surface area contributed by atoms with Gasteiger partial charge in [-0.3, -0.25) is 4.72 Å². The minimum absolute atomic E-state index is 0.0899. The summed E-state index contributed by atoms with van der Waals surface area (Å²) in [4.78, 5) is 3.67. The van der Waals surface area contributed by atoms with Crippen molar-refractivity contribution in [3.8, 4) is 0 Å². The Bertz CT molecular complexity index is 720. The summed E-state index contributed by atoms with van der Waals surface area (Å²) in [6.45, 7) is 0. The molecular formula is C11H9Cl2N3O2S. The van der Waals surface area contributed by atoms with Gasteiger partial charge in [0.2, 0.25) is 0 Å². The lowest BCUT2D eigenvalue weighted by Gasteiger charge is -2.10. The molecule has 0 aliphatic rings. The Balaban J connectivity index is 2.40. The van der Waals surface area contributed by atoms with Gasteiger partial charge in [0.1, 0.15) is 10.0 Å². The van der Waals surface area contributed by atoms with E-state index < -0.39 is 10.0 Å². The van der Waals surface area contributed by atoms with Crippen LogP contribution >= 0.6 is 23.2 Å². The second kappa shape index (κ2) is 5.24. The minimum Gasteiger partial charge on any atom is -0.398 e. The highest BCUT2D eigenvalue weighted by molar-refractivity contribution is 7.92. The van der Waals surface area contributed by atoms with E-state index in [2.05, 4.69) is 9.71 Å². The summed E-state index contributed by atoms with van der Waals surface area (Å²) in [5.41, 5.74) is 6.04. The number of pyridine rings is 1. The van der Waals surface area contributed by atoms with Crippen LogP contribution < -0.4 is 10.5 Å². The van der Waals surface area contributed by atoms with Gasteiger partial charge in [-0.1, -0.05) is 23.2 Å². The fourth-order valence-corrected chi connectivity index (χ4v) is 3.04. The Kier molecular flexibility index (Phi) is 3.84. The van der Waals surface area contributed by atoms with Crippen LogP contribution in [0.5, 0.6) is 0 Å². The third kappa shape index (κ3) is 3.28. The monoisotopic (exact) mass is 317 g/mol. The van der Waals surface area contributed by atoms with Gasteiger partial charge in [-0.15, -0.1) is 0 Å². The molecule has 8 heteroatoms. The summed E-state index contributed by atoms with van der Waals surface area (Å²) in [6.07, 6.45) is 1.39. The highest BCUT2D eigenvalue weighted by atomic mass is 35.5. The standard InChI is InChI=1S/C11H9Cl2N3O2S/c12-7-1-2-9(14)10(5-7)19(17,18)16-8-3-4-15-11(13)6-8/h1-6H,14H2,(H,15,16). The SMILES string of the molecule is Nc1ccc(Cl)cc1S(=O)(=O)Nc1ccnc(Cl)c1. The smallest absolute Gasteiger partial charge is 0.263 e. The van der Waals surface area contributed by atoms with Gasteiger partial charge >= 0.3 is 0 Å².